The Labute approximate surface area is 159 Å². The van der Waals surface area contributed by atoms with Gasteiger partial charge in [0.2, 0.25) is 5.91 Å². The van der Waals surface area contributed by atoms with Gasteiger partial charge >= 0.3 is 6.09 Å². The normalized spacial score (nSPS) is 11.5. The monoisotopic (exact) mass is 370 g/mol. The molecule has 6 heteroatoms. The van der Waals surface area contributed by atoms with Gasteiger partial charge in [0.15, 0.2) is 0 Å². The van der Waals surface area contributed by atoms with E-state index in [1.54, 1.807) is 14.0 Å². The summed E-state index contributed by atoms with van der Waals surface area (Å²) in [6, 6.07) is 16.3. The summed E-state index contributed by atoms with van der Waals surface area (Å²) in [4.78, 5) is 25.0. The van der Waals surface area contributed by atoms with Crippen molar-refractivity contribution >= 4 is 12.0 Å². The molecule has 0 saturated heterocycles. The minimum absolute atomic E-state index is 0.177. The molecule has 6 nitrogen and oxygen atoms in total. The Balaban J connectivity index is 1.81. The molecule has 2 amide bonds. The van der Waals surface area contributed by atoms with Crippen molar-refractivity contribution in [1.29, 1.82) is 0 Å². The lowest BCUT2D eigenvalue weighted by molar-refractivity contribution is -0.125. The summed E-state index contributed by atoms with van der Waals surface area (Å²) in [5.41, 5.74) is 2.01. The number of rotatable bonds is 9. The fourth-order valence-electron chi connectivity index (χ4n) is 2.74. The van der Waals surface area contributed by atoms with Crippen LogP contribution in [0.15, 0.2) is 54.6 Å². The highest BCUT2D eigenvalue weighted by molar-refractivity contribution is 5.84. The van der Waals surface area contributed by atoms with Crippen LogP contribution in [0.5, 0.6) is 5.75 Å². The predicted octanol–water partition coefficient (Wildman–Crippen LogP) is 3.31. The lowest BCUT2D eigenvalue weighted by atomic mass is 10.1. The maximum absolute atomic E-state index is 12.3. The van der Waals surface area contributed by atoms with Gasteiger partial charge in [-0.05, 0) is 43.0 Å². The number of nitrogens with one attached hydrogen (secondary N) is 1. The van der Waals surface area contributed by atoms with Crippen molar-refractivity contribution in [3.8, 4) is 5.75 Å². The second-order valence-electron chi connectivity index (χ2n) is 6.31. The molecule has 0 fully saturated rings. The number of amides is 2. The summed E-state index contributed by atoms with van der Waals surface area (Å²) >= 11 is 0. The Morgan fingerprint density at radius 3 is 2.33 bits per heavy atom. The molecule has 0 aliphatic rings. The Kier molecular flexibility index (Phi) is 7.67. The van der Waals surface area contributed by atoms with E-state index >= 15 is 0 Å². The second-order valence-corrected chi connectivity index (χ2v) is 6.31. The van der Waals surface area contributed by atoms with Crippen LogP contribution in [0.4, 0.5) is 4.79 Å². The molecule has 1 atom stereocenters. The third kappa shape index (κ3) is 6.33. The van der Waals surface area contributed by atoms with Crippen molar-refractivity contribution in [2.45, 2.75) is 32.4 Å². The number of hydrogen-bond acceptors (Lipinski definition) is 3. The third-order valence-corrected chi connectivity index (χ3v) is 4.39. The Bertz CT molecular complexity index is 732. The molecule has 2 aromatic rings. The number of aryl methyl sites for hydroxylation is 1. The Hall–Kier alpha value is -3.02. The lowest BCUT2D eigenvalue weighted by Gasteiger charge is -2.25. The van der Waals surface area contributed by atoms with Crippen LogP contribution in [0.1, 0.15) is 24.5 Å². The average molecular weight is 370 g/mol. The van der Waals surface area contributed by atoms with Crippen molar-refractivity contribution in [3.63, 3.8) is 0 Å². The largest absolute Gasteiger partial charge is 0.497 e. The van der Waals surface area contributed by atoms with Crippen molar-refractivity contribution in [2.24, 2.45) is 0 Å². The number of carbonyl (C=O) groups excluding carboxylic acids is 1. The van der Waals surface area contributed by atoms with Crippen LogP contribution in [-0.4, -0.2) is 41.7 Å². The maximum atomic E-state index is 12.3. The van der Waals surface area contributed by atoms with Crippen molar-refractivity contribution in [3.05, 3.63) is 65.7 Å². The van der Waals surface area contributed by atoms with Crippen molar-refractivity contribution in [2.75, 3.05) is 13.7 Å². The fraction of sp³-hybridized carbons (Fsp3) is 0.333. The topological polar surface area (TPSA) is 78.9 Å². The molecular weight excluding hydrogens is 344 g/mol. The average Bonchev–Trinajstić information content (AvgIpc) is 2.69. The molecule has 0 saturated carbocycles. The highest BCUT2D eigenvalue weighted by Crippen LogP contribution is 2.12. The van der Waals surface area contributed by atoms with Gasteiger partial charge in [0, 0.05) is 13.1 Å². The van der Waals surface area contributed by atoms with Gasteiger partial charge in [-0.2, -0.15) is 0 Å². The van der Waals surface area contributed by atoms with E-state index in [1.807, 2.05) is 54.6 Å². The van der Waals surface area contributed by atoms with Crippen LogP contribution < -0.4 is 10.1 Å². The van der Waals surface area contributed by atoms with E-state index in [2.05, 4.69) is 5.32 Å². The molecule has 2 rings (SSSR count). The van der Waals surface area contributed by atoms with Gasteiger partial charge < -0.3 is 15.2 Å². The standard InChI is InChI=1S/C21H26N2O4/c1-16(23(21(25)26)15-18-7-4-3-5-8-18)20(24)22-14-6-9-17-10-12-19(27-2)13-11-17/h3-5,7-8,10-13,16H,6,9,14-15H2,1-2H3,(H,22,24)(H,25,26). The Morgan fingerprint density at radius 2 is 1.74 bits per heavy atom. The molecule has 1 unspecified atom stereocenters. The first-order chi connectivity index (χ1) is 13.0. The molecule has 27 heavy (non-hydrogen) atoms. The molecular formula is C21H26N2O4. The molecule has 0 aliphatic carbocycles. The molecule has 0 radical (unpaired) electrons. The summed E-state index contributed by atoms with van der Waals surface area (Å²) < 4.78 is 5.13. The van der Waals surface area contributed by atoms with E-state index in [1.165, 1.54) is 0 Å². The molecule has 0 aromatic heterocycles. The maximum Gasteiger partial charge on any atom is 0.408 e. The highest BCUT2D eigenvalue weighted by atomic mass is 16.5. The quantitative estimate of drug-likeness (QED) is 0.664. The SMILES string of the molecule is COc1ccc(CCCNC(=O)C(C)N(Cc2ccccc2)C(=O)O)cc1. The first-order valence-corrected chi connectivity index (χ1v) is 8.95. The van der Waals surface area contributed by atoms with Gasteiger partial charge in [-0.3, -0.25) is 9.69 Å². The molecule has 0 spiro atoms. The summed E-state index contributed by atoms with van der Waals surface area (Å²) in [5.74, 6) is 0.524. The van der Waals surface area contributed by atoms with Crippen LogP contribution in [0.25, 0.3) is 0 Å². The zero-order valence-corrected chi connectivity index (χ0v) is 15.7. The zero-order valence-electron chi connectivity index (χ0n) is 15.7. The number of nitrogens with zero attached hydrogens (tertiary/aromatic N) is 1. The number of benzene rings is 2. The van der Waals surface area contributed by atoms with E-state index < -0.39 is 12.1 Å². The summed E-state index contributed by atoms with van der Waals surface area (Å²) in [6.07, 6.45) is 0.488. The van der Waals surface area contributed by atoms with Crippen LogP contribution in [0, 0.1) is 0 Å². The smallest absolute Gasteiger partial charge is 0.408 e. The molecule has 0 heterocycles. The minimum atomic E-state index is -1.11. The van der Waals surface area contributed by atoms with Gasteiger partial charge in [-0.15, -0.1) is 0 Å². The molecule has 2 N–H and O–H groups in total. The van der Waals surface area contributed by atoms with Crippen LogP contribution >= 0.6 is 0 Å². The number of carbonyl (C=O) groups is 2. The van der Waals surface area contributed by atoms with Gasteiger partial charge in [0.1, 0.15) is 11.8 Å². The zero-order chi connectivity index (χ0) is 19.6. The number of carboxylic acid groups (broad SMARTS) is 1. The molecule has 144 valence electrons. The van der Waals surface area contributed by atoms with Gasteiger partial charge in [0.25, 0.3) is 0 Å². The molecule has 2 aromatic carbocycles. The first-order valence-electron chi connectivity index (χ1n) is 8.95. The number of hydrogen-bond donors (Lipinski definition) is 2. The number of methoxy groups -OCH3 is 1. The predicted molar refractivity (Wildman–Crippen MR) is 104 cm³/mol. The fourth-order valence-corrected chi connectivity index (χ4v) is 2.74. The van der Waals surface area contributed by atoms with Crippen molar-refractivity contribution in [1.82, 2.24) is 10.2 Å². The van der Waals surface area contributed by atoms with Gasteiger partial charge in [-0.25, -0.2) is 4.79 Å². The highest BCUT2D eigenvalue weighted by Gasteiger charge is 2.25. The van der Waals surface area contributed by atoms with Crippen LogP contribution in [0.2, 0.25) is 0 Å². The van der Waals surface area contributed by atoms with Crippen LogP contribution in [0.3, 0.4) is 0 Å². The first kappa shape index (κ1) is 20.3. The summed E-state index contributed by atoms with van der Waals surface area (Å²) in [6.45, 7) is 2.28. The minimum Gasteiger partial charge on any atom is -0.497 e. The van der Waals surface area contributed by atoms with Gasteiger partial charge in [0.05, 0.1) is 7.11 Å². The number of ether oxygens (including phenoxy) is 1. The second kappa shape index (κ2) is 10.2. The Morgan fingerprint density at radius 1 is 1.07 bits per heavy atom. The third-order valence-electron chi connectivity index (χ3n) is 4.39. The summed E-state index contributed by atoms with van der Waals surface area (Å²) in [7, 11) is 1.63. The van der Waals surface area contributed by atoms with E-state index in [-0.39, 0.29) is 12.5 Å². The summed E-state index contributed by atoms with van der Waals surface area (Å²) in [5, 5.41) is 12.3. The van der Waals surface area contributed by atoms with E-state index in [0.717, 1.165) is 34.6 Å². The van der Waals surface area contributed by atoms with E-state index in [9.17, 15) is 14.7 Å². The lowest BCUT2D eigenvalue weighted by Crippen LogP contribution is -2.47. The molecule has 0 bridgehead atoms. The molecule has 0 aliphatic heterocycles. The van der Waals surface area contributed by atoms with E-state index in [0.29, 0.717) is 6.54 Å². The van der Waals surface area contributed by atoms with Crippen molar-refractivity contribution < 1.29 is 19.4 Å². The van der Waals surface area contributed by atoms with Crippen LogP contribution in [-0.2, 0) is 17.8 Å². The van der Waals surface area contributed by atoms with Gasteiger partial charge in [-0.1, -0.05) is 42.5 Å². The van der Waals surface area contributed by atoms with E-state index in [4.69, 9.17) is 4.74 Å².